The molecule has 1 aromatic heterocycles. The van der Waals surface area contributed by atoms with Crippen LogP contribution in [0.2, 0.25) is 0 Å². The van der Waals surface area contributed by atoms with Gasteiger partial charge in [-0.15, -0.1) is 0 Å². The highest BCUT2D eigenvalue weighted by atomic mass is 16.5. The lowest BCUT2D eigenvalue weighted by molar-refractivity contribution is 0.256. The Morgan fingerprint density at radius 1 is 0.675 bits per heavy atom. The van der Waals surface area contributed by atoms with Gasteiger partial charge >= 0.3 is 0 Å². The summed E-state index contributed by atoms with van der Waals surface area (Å²) in [4.78, 5) is 10.1. The normalized spacial score (nSPS) is 20.8. The van der Waals surface area contributed by atoms with Crippen LogP contribution in [-0.2, 0) is 0 Å². The van der Waals surface area contributed by atoms with Gasteiger partial charge in [0.1, 0.15) is 17.8 Å². The first-order valence-electron chi connectivity index (χ1n) is 13.6. The zero-order valence-electron chi connectivity index (χ0n) is 21.7. The quantitative estimate of drug-likeness (QED) is 0.276. The van der Waals surface area contributed by atoms with Crippen molar-refractivity contribution in [2.45, 2.75) is 18.2 Å². The molecule has 0 fully saturated rings. The van der Waals surface area contributed by atoms with Gasteiger partial charge in [0.15, 0.2) is 6.17 Å². The Hall–Kier alpha value is -5.16. The fraction of sp³-hybridized carbons (Fsp3) is 0.0857. The molecule has 0 saturated carbocycles. The van der Waals surface area contributed by atoms with Crippen LogP contribution in [0.5, 0.6) is 5.88 Å². The van der Waals surface area contributed by atoms with E-state index in [0.29, 0.717) is 0 Å². The van der Waals surface area contributed by atoms with Crippen molar-refractivity contribution in [3.63, 3.8) is 0 Å². The highest BCUT2D eigenvalue weighted by Gasteiger charge is 2.37. The van der Waals surface area contributed by atoms with E-state index in [2.05, 4.69) is 107 Å². The van der Waals surface area contributed by atoms with Gasteiger partial charge in [0, 0.05) is 33.7 Å². The maximum atomic E-state index is 6.58. The van der Waals surface area contributed by atoms with Crippen LogP contribution in [0.1, 0.15) is 34.3 Å². The van der Waals surface area contributed by atoms with E-state index in [1.54, 1.807) is 0 Å². The molecule has 4 aromatic carbocycles. The van der Waals surface area contributed by atoms with Crippen molar-refractivity contribution in [2.75, 3.05) is 0 Å². The second-order valence-corrected chi connectivity index (χ2v) is 10.2. The van der Waals surface area contributed by atoms with E-state index >= 15 is 0 Å². The first-order chi connectivity index (χ1) is 19.8. The number of fused-ring (bicyclic) bond motifs is 5. The van der Waals surface area contributed by atoms with E-state index in [9.17, 15) is 0 Å². The highest BCUT2D eigenvalue weighted by Crippen LogP contribution is 2.48. The number of amidine groups is 2. The zero-order chi connectivity index (χ0) is 26.5. The third-order valence-electron chi connectivity index (χ3n) is 7.80. The van der Waals surface area contributed by atoms with Gasteiger partial charge in [0.2, 0.25) is 5.88 Å². The number of hydrogen-bond donors (Lipinski definition) is 1. The zero-order valence-corrected chi connectivity index (χ0v) is 21.7. The minimum absolute atomic E-state index is 0.0229. The maximum absolute atomic E-state index is 6.58. The number of allylic oxidation sites excluding steroid dienone is 2. The van der Waals surface area contributed by atoms with E-state index in [-0.39, 0.29) is 18.2 Å². The lowest BCUT2D eigenvalue weighted by atomic mass is 9.91. The lowest BCUT2D eigenvalue weighted by Crippen LogP contribution is -2.36. The summed E-state index contributed by atoms with van der Waals surface area (Å²) in [5, 5.41) is 4.76. The van der Waals surface area contributed by atoms with Crippen LogP contribution >= 0.6 is 0 Å². The van der Waals surface area contributed by atoms with Crippen LogP contribution < -0.4 is 10.1 Å². The first kappa shape index (κ1) is 22.8. The number of ether oxygens (including phenoxy) is 1. The Morgan fingerprint density at radius 2 is 1.38 bits per heavy atom. The molecule has 0 radical (unpaired) electrons. The molecule has 1 aliphatic carbocycles. The molecule has 40 heavy (non-hydrogen) atoms. The minimum Gasteiger partial charge on any atom is -0.470 e. The second-order valence-electron chi connectivity index (χ2n) is 10.2. The summed E-state index contributed by atoms with van der Waals surface area (Å²) in [6, 6.07) is 37.5. The SMILES string of the molecule is C1=CC2Oc3c(c4ccccc4n3-c3cccc(C4=NC(c5ccccc5)N=C(c5ccccc5)N4)c3)C2C=C1. The molecule has 0 saturated heterocycles. The average Bonchev–Trinajstić information content (AvgIpc) is 3.56. The smallest absolute Gasteiger partial charge is 0.203 e. The summed E-state index contributed by atoms with van der Waals surface area (Å²) in [5.41, 5.74) is 6.49. The number of para-hydroxylation sites is 1. The Morgan fingerprint density at radius 3 is 2.23 bits per heavy atom. The van der Waals surface area contributed by atoms with Crippen LogP contribution in [0.25, 0.3) is 16.6 Å². The molecule has 8 rings (SSSR count). The summed E-state index contributed by atoms with van der Waals surface area (Å²) in [5.74, 6) is 2.73. The Balaban J connectivity index is 1.25. The topological polar surface area (TPSA) is 50.9 Å². The molecule has 0 amide bonds. The van der Waals surface area contributed by atoms with E-state index in [4.69, 9.17) is 14.7 Å². The molecule has 2 aliphatic heterocycles. The predicted molar refractivity (Wildman–Crippen MR) is 161 cm³/mol. The van der Waals surface area contributed by atoms with E-state index in [1.807, 2.05) is 36.4 Å². The fourth-order valence-corrected chi connectivity index (χ4v) is 5.93. The van der Waals surface area contributed by atoms with Crippen molar-refractivity contribution in [3.05, 3.63) is 156 Å². The molecule has 3 aliphatic rings. The molecule has 3 heterocycles. The van der Waals surface area contributed by atoms with Gasteiger partial charge in [-0.05, 0) is 29.8 Å². The number of hydrogen-bond acceptors (Lipinski definition) is 4. The number of aliphatic imine (C=N–C) groups is 2. The molecule has 3 unspecified atom stereocenters. The van der Waals surface area contributed by atoms with E-state index in [1.165, 1.54) is 10.9 Å². The first-order valence-corrected chi connectivity index (χ1v) is 13.6. The van der Waals surface area contributed by atoms with Crippen molar-refractivity contribution in [2.24, 2.45) is 9.98 Å². The Labute approximate surface area is 232 Å². The Kier molecular flexibility index (Phi) is 5.27. The third kappa shape index (κ3) is 3.70. The lowest BCUT2D eigenvalue weighted by Gasteiger charge is -2.23. The summed E-state index contributed by atoms with van der Waals surface area (Å²) < 4.78 is 8.82. The van der Waals surface area contributed by atoms with Crippen molar-refractivity contribution in [3.8, 4) is 11.6 Å². The largest absolute Gasteiger partial charge is 0.470 e. The van der Waals surface area contributed by atoms with Crippen LogP contribution in [0.3, 0.4) is 0 Å². The van der Waals surface area contributed by atoms with Crippen molar-refractivity contribution in [1.29, 1.82) is 0 Å². The molecule has 1 N–H and O–H groups in total. The molecule has 5 aromatic rings. The van der Waals surface area contributed by atoms with Gasteiger partial charge in [-0.3, -0.25) is 4.57 Å². The Bertz CT molecular complexity index is 1860. The van der Waals surface area contributed by atoms with Crippen molar-refractivity contribution >= 4 is 22.6 Å². The standard InChI is InChI=1S/C35H26N4O/c1-3-12-23(13-4-1)32-36-33(24-14-5-2-6-15-24)38-34(37-32)25-16-11-17-26(22-25)39-29-20-9-7-18-27(29)31-28-19-8-10-21-30(28)40-35(31)39/h1-22,28,30,32H,(H,36,37,38). The summed E-state index contributed by atoms with van der Waals surface area (Å²) in [7, 11) is 0. The van der Waals surface area contributed by atoms with Crippen LogP contribution in [-0.4, -0.2) is 22.3 Å². The number of rotatable bonds is 4. The molecule has 0 bridgehead atoms. The molecular weight excluding hydrogens is 492 g/mol. The fourth-order valence-electron chi connectivity index (χ4n) is 5.93. The average molecular weight is 519 g/mol. The number of benzene rings is 4. The molecule has 192 valence electrons. The monoisotopic (exact) mass is 518 g/mol. The molecule has 3 atom stereocenters. The molecule has 5 heteroatoms. The molecule has 0 spiro atoms. The summed E-state index contributed by atoms with van der Waals surface area (Å²) in [6.07, 6.45) is 8.27. The van der Waals surface area contributed by atoms with Gasteiger partial charge in [-0.1, -0.05) is 109 Å². The third-order valence-corrected chi connectivity index (χ3v) is 7.80. The van der Waals surface area contributed by atoms with E-state index in [0.717, 1.165) is 45.4 Å². The molecular formula is C35H26N4O. The van der Waals surface area contributed by atoms with Crippen LogP contribution in [0.4, 0.5) is 0 Å². The van der Waals surface area contributed by atoms with Gasteiger partial charge in [0.05, 0.1) is 5.52 Å². The number of nitrogens with one attached hydrogen (secondary N) is 1. The van der Waals surface area contributed by atoms with Gasteiger partial charge in [0.25, 0.3) is 0 Å². The number of aromatic nitrogens is 1. The second kappa shape index (κ2) is 9.24. The summed E-state index contributed by atoms with van der Waals surface area (Å²) in [6.45, 7) is 0. The maximum Gasteiger partial charge on any atom is 0.203 e. The van der Waals surface area contributed by atoms with Gasteiger partial charge in [-0.2, -0.15) is 0 Å². The summed E-state index contributed by atoms with van der Waals surface area (Å²) >= 11 is 0. The predicted octanol–water partition coefficient (Wildman–Crippen LogP) is 7.10. The van der Waals surface area contributed by atoms with Gasteiger partial charge < -0.3 is 10.1 Å². The van der Waals surface area contributed by atoms with Gasteiger partial charge in [-0.25, -0.2) is 9.98 Å². The highest BCUT2D eigenvalue weighted by molar-refractivity contribution is 6.16. The minimum atomic E-state index is -0.335. The van der Waals surface area contributed by atoms with Crippen molar-refractivity contribution < 1.29 is 4.74 Å². The van der Waals surface area contributed by atoms with E-state index < -0.39 is 0 Å². The van der Waals surface area contributed by atoms with Crippen LogP contribution in [0, 0.1) is 0 Å². The number of nitrogens with zero attached hydrogens (tertiary/aromatic N) is 3. The van der Waals surface area contributed by atoms with Crippen molar-refractivity contribution in [1.82, 2.24) is 9.88 Å². The van der Waals surface area contributed by atoms with Crippen LogP contribution in [0.15, 0.2) is 143 Å². The molecule has 5 nitrogen and oxygen atoms in total.